The molecule has 0 spiro atoms. The molecule has 1 aromatic carbocycles. The van der Waals surface area contributed by atoms with Crippen LogP contribution >= 0.6 is 0 Å². The summed E-state index contributed by atoms with van der Waals surface area (Å²) in [5, 5.41) is 12.5. The molecule has 1 atom stereocenters. The molecule has 3 nitrogen and oxygen atoms in total. The summed E-state index contributed by atoms with van der Waals surface area (Å²) in [4.78, 5) is 2.60. The van der Waals surface area contributed by atoms with Crippen molar-refractivity contribution in [3.63, 3.8) is 0 Å². The fourth-order valence-corrected chi connectivity index (χ4v) is 2.79. The number of aliphatic hydroxyl groups excluding tert-OH is 1. The van der Waals surface area contributed by atoms with E-state index in [-0.39, 0.29) is 6.61 Å². The molecule has 1 fully saturated rings. The summed E-state index contributed by atoms with van der Waals surface area (Å²) < 4.78 is 0. The molecule has 1 aliphatic heterocycles. The zero-order chi connectivity index (χ0) is 13.5. The Labute approximate surface area is 116 Å². The Morgan fingerprint density at radius 1 is 1.21 bits per heavy atom. The van der Waals surface area contributed by atoms with E-state index in [1.54, 1.807) is 0 Å². The minimum absolute atomic E-state index is 0.132. The summed E-state index contributed by atoms with van der Waals surface area (Å²) in [5.41, 5.74) is 2.34. The van der Waals surface area contributed by atoms with E-state index >= 15 is 0 Å². The Bertz CT molecular complexity index is 364. The molecular formula is C16H26N2O. The first kappa shape index (κ1) is 14.5. The van der Waals surface area contributed by atoms with Gasteiger partial charge in [-0.05, 0) is 37.1 Å². The smallest absolute Gasteiger partial charge is 0.0681 e. The van der Waals surface area contributed by atoms with Gasteiger partial charge in [0.2, 0.25) is 0 Å². The van der Waals surface area contributed by atoms with E-state index in [1.165, 1.54) is 31.4 Å². The molecule has 1 saturated heterocycles. The average Bonchev–Trinajstić information content (AvgIpc) is 2.47. The lowest BCUT2D eigenvalue weighted by Crippen LogP contribution is -2.44. The maximum atomic E-state index is 9.07. The molecule has 1 heterocycles. The van der Waals surface area contributed by atoms with Crippen molar-refractivity contribution in [2.75, 3.05) is 19.6 Å². The van der Waals surface area contributed by atoms with E-state index in [9.17, 15) is 0 Å². The van der Waals surface area contributed by atoms with Gasteiger partial charge in [-0.15, -0.1) is 0 Å². The minimum Gasteiger partial charge on any atom is -0.392 e. The van der Waals surface area contributed by atoms with E-state index in [0.717, 1.165) is 25.2 Å². The normalized spacial score (nSPS) is 20.6. The zero-order valence-electron chi connectivity index (χ0n) is 11.9. The van der Waals surface area contributed by atoms with Gasteiger partial charge in [0, 0.05) is 19.1 Å². The van der Waals surface area contributed by atoms with E-state index in [0.29, 0.717) is 6.04 Å². The highest BCUT2D eigenvalue weighted by Gasteiger charge is 2.21. The molecule has 1 aliphatic rings. The number of benzene rings is 1. The Morgan fingerprint density at radius 3 is 2.63 bits per heavy atom. The van der Waals surface area contributed by atoms with Crippen molar-refractivity contribution < 1.29 is 5.11 Å². The zero-order valence-corrected chi connectivity index (χ0v) is 11.9. The number of piperidine rings is 1. The molecule has 1 unspecified atom stereocenters. The van der Waals surface area contributed by atoms with Crippen LogP contribution in [-0.4, -0.2) is 35.7 Å². The Hall–Kier alpha value is -0.900. The van der Waals surface area contributed by atoms with Gasteiger partial charge in [-0.3, -0.25) is 4.90 Å². The quantitative estimate of drug-likeness (QED) is 0.824. The van der Waals surface area contributed by atoms with Gasteiger partial charge in [0.15, 0.2) is 0 Å². The largest absolute Gasteiger partial charge is 0.392 e. The summed E-state index contributed by atoms with van der Waals surface area (Å²) in [6.45, 7) is 6.69. The molecule has 106 valence electrons. The van der Waals surface area contributed by atoms with Crippen LogP contribution in [0.2, 0.25) is 0 Å². The SMILES string of the molecule is CCNCC1CCCCN1Cc1ccc(CO)cc1. The van der Waals surface area contributed by atoms with Crippen LogP contribution in [0, 0.1) is 0 Å². The van der Waals surface area contributed by atoms with Crippen molar-refractivity contribution in [1.82, 2.24) is 10.2 Å². The Kier molecular flexibility index (Phi) is 5.83. The first-order valence-electron chi connectivity index (χ1n) is 7.47. The average molecular weight is 262 g/mol. The van der Waals surface area contributed by atoms with Crippen molar-refractivity contribution in [1.29, 1.82) is 0 Å². The summed E-state index contributed by atoms with van der Waals surface area (Å²) >= 11 is 0. The highest BCUT2D eigenvalue weighted by atomic mass is 16.3. The van der Waals surface area contributed by atoms with Crippen LogP contribution in [0.15, 0.2) is 24.3 Å². The molecule has 3 heteroatoms. The number of likely N-dealkylation sites (N-methyl/N-ethyl adjacent to an activating group) is 1. The second-order valence-electron chi connectivity index (χ2n) is 5.40. The van der Waals surface area contributed by atoms with Gasteiger partial charge in [0.1, 0.15) is 0 Å². The lowest BCUT2D eigenvalue weighted by atomic mass is 10.0. The molecule has 0 saturated carbocycles. The number of nitrogens with one attached hydrogen (secondary N) is 1. The van der Waals surface area contributed by atoms with Crippen molar-refractivity contribution in [3.8, 4) is 0 Å². The highest BCUT2D eigenvalue weighted by Crippen LogP contribution is 2.19. The number of likely N-dealkylation sites (tertiary alicyclic amines) is 1. The van der Waals surface area contributed by atoms with Gasteiger partial charge in [-0.1, -0.05) is 37.6 Å². The lowest BCUT2D eigenvalue weighted by Gasteiger charge is -2.36. The third-order valence-electron chi connectivity index (χ3n) is 3.97. The molecule has 0 amide bonds. The van der Waals surface area contributed by atoms with Gasteiger partial charge in [0.25, 0.3) is 0 Å². The van der Waals surface area contributed by atoms with E-state index < -0.39 is 0 Å². The third-order valence-corrected chi connectivity index (χ3v) is 3.97. The standard InChI is InChI=1S/C16H26N2O/c1-2-17-11-16-5-3-4-10-18(16)12-14-6-8-15(13-19)9-7-14/h6-9,16-17,19H,2-5,10-13H2,1H3. The second kappa shape index (κ2) is 7.63. The number of hydrogen-bond donors (Lipinski definition) is 2. The van der Waals surface area contributed by atoms with Crippen molar-refractivity contribution >= 4 is 0 Å². The van der Waals surface area contributed by atoms with Crippen molar-refractivity contribution in [2.45, 2.75) is 45.4 Å². The number of hydrogen-bond acceptors (Lipinski definition) is 3. The molecule has 0 bridgehead atoms. The first-order valence-corrected chi connectivity index (χ1v) is 7.47. The molecule has 2 N–H and O–H groups in total. The van der Waals surface area contributed by atoms with Crippen LogP contribution < -0.4 is 5.32 Å². The lowest BCUT2D eigenvalue weighted by molar-refractivity contribution is 0.138. The van der Waals surface area contributed by atoms with Gasteiger partial charge >= 0.3 is 0 Å². The summed E-state index contributed by atoms with van der Waals surface area (Å²) in [5.74, 6) is 0. The molecule has 2 rings (SSSR count). The van der Waals surface area contributed by atoms with Crippen LogP contribution in [0.4, 0.5) is 0 Å². The van der Waals surface area contributed by atoms with Crippen LogP contribution in [0.5, 0.6) is 0 Å². The maximum absolute atomic E-state index is 9.07. The van der Waals surface area contributed by atoms with Crippen LogP contribution in [0.1, 0.15) is 37.3 Å². The molecule has 0 aliphatic carbocycles. The fraction of sp³-hybridized carbons (Fsp3) is 0.625. The number of rotatable bonds is 6. The molecule has 19 heavy (non-hydrogen) atoms. The predicted molar refractivity (Wildman–Crippen MR) is 79.0 cm³/mol. The predicted octanol–water partition coefficient (Wildman–Crippen LogP) is 2.14. The van der Waals surface area contributed by atoms with E-state index in [2.05, 4.69) is 29.3 Å². The van der Waals surface area contributed by atoms with Crippen molar-refractivity contribution in [2.24, 2.45) is 0 Å². The van der Waals surface area contributed by atoms with E-state index in [4.69, 9.17) is 5.11 Å². The fourth-order valence-electron chi connectivity index (χ4n) is 2.79. The van der Waals surface area contributed by atoms with E-state index in [1.807, 2.05) is 12.1 Å². The van der Waals surface area contributed by atoms with Gasteiger partial charge in [0.05, 0.1) is 6.61 Å². The first-order chi connectivity index (χ1) is 9.33. The van der Waals surface area contributed by atoms with Crippen LogP contribution in [0.3, 0.4) is 0 Å². The molecule has 0 aromatic heterocycles. The monoisotopic (exact) mass is 262 g/mol. The molecular weight excluding hydrogens is 236 g/mol. The minimum atomic E-state index is 0.132. The summed E-state index contributed by atoms with van der Waals surface area (Å²) in [6.07, 6.45) is 3.98. The number of aliphatic hydroxyl groups is 1. The topological polar surface area (TPSA) is 35.5 Å². The third kappa shape index (κ3) is 4.30. The van der Waals surface area contributed by atoms with Crippen LogP contribution in [-0.2, 0) is 13.2 Å². The molecule has 1 aromatic rings. The number of nitrogens with zero attached hydrogens (tertiary/aromatic N) is 1. The Balaban J connectivity index is 1.93. The Morgan fingerprint density at radius 2 is 1.95 bits per heavy atom. The van der Waals surface area contributed by atoms with Gasteiger partial charge in [-0.2, -0.15) is 0 Å². The van der Waals surface area contributed by atoms with Gasteiger partial charge in [-0.25, -0.2) is 0 Å². The van der Waals surface area contributed by atoms with Gasteiger partial charge < -0.3 is 10.4 Å². The summed E-state index contributed by atoms with van der Waals surface area (Å²) in [7, 11) is 0. The maximum Gasteiger partial charge on any atom is 0.0681 e. The molecule has 0 radical (unpaired) electrons. The van der Waals surface area contributed by atoms with Crippen molar-refractivity contribution in [3.05, 3.63) is 35.4 Å². The second-order valence-corrected chi connectivity index (χ2v) is 5.40. The highest BCUT2D eigenvalue weighted by molar-refractivity contribution is 5.22. The van der Waals surface area contributed by atoms with Crippen LogP contribution in [0.25, 0.3) is 0 Å². The summed E-state index contributed by atoms with van der Waals surface area (Å²) in [6, 6.07) is 9.01.